The number of ether oxygens (including phenoxy) is 1. The van der Waals surface area contributed by atoms with Crippen LogP contribution in [-0.4, -0.2) is 32.2 Å². The molecule has 5 heteroatoms. The van der Waals surface area contributed by atoms with E-state index in [2.05, 4.69) is 10.1 Å². The van der Waals surface area contributed by atoms with Crippen molar-refractivity contribution in [2.24, 2.45) is 0 Å². The van der Waals surface area contributed by atoms with Crippen LogP contribution < -0.4 is 10.2 Å². The molecule has 0 aliphatic carbocycles. The lowest BCUT2D eigenvalue weighted by Gasteiger charge is -2.16. The Balaban J connectivity index is 2.28. The Morgan fingerprint density at radius 3 is 2.89 bits per heavy atom. The number of amides is 2. The van der Waals surface area contributed by atoms with Crippen LogP contribution in [0.3, 0.4) is 0 Å². The van der Waals surface area contributed by atoms with Gasteiger partial charge in [-0.2, -0.15) is 0 Å². The van der Waals surface area contributed by atoms with Crippen molar-refractivity contribution < 1.29 is 14.3 Å². The molecule has 0 atom stereocenters. The van der Waals surface area contributed by atoms with Crippen LogP contribution in [0.2, 0.25) is 0 Å². The van der Waals surface area contributed by atoms with Crippen molar-refractivity contribution in [1.82, 2.24) is 5.32 Å². The molecular weight excluding hydrogens is 232 g/mol. The van der Waals surface area contributed by atoms with Gasteiger partial charge >= 0.3 is 12.0 Å². The SMILES string of the molecule is COC(=O)/C=C/c1ccccc1N1CCNC1=O. The maximum atomic E-state index is 11.6. The average molecular weight is 246 g/mol. The highest BCUT2D eigenvalue weighted by Crippen LogP contribution is 2.23. The number of methoxy groups -OCH3 is 1. The molecule has 5 nitrogen and oxygen atoms in total. The van der Waals surface area contributed by atoms with Gasteiger partial charge in [-0.3, -0.25) is 4.90 Å². The summed E-state index contributed by atoms with van der Waals surface area (Å²) in [5.41, 5.74) is 1.59. The molecule has 0 bridgehead atoms. The molecule has 1 fully saturated rings. The maximum Gasteiger partial charge on any atom is 0.330 e. The predicted octanol–water partition coefficient (Wildman–Crippen LogP) is 1.40. The number of hydrogen-bond acceptors (Lipinski definition) is 3. The number of esters is 1. The normalized spacial score (nSPS) is 14.9. The first-order valence-electron chi connectivity index (χ1n) is 5.63. The smallest absolute Gasteiger partial charge is 0.330 e. The number of anilines is 1. The molecule has 1 aliphatic heterocycles. The molecule has 1 aliphatic rings. The van der Waals surface area contributed by atoms with Crippen LogP contribution in [0.25, 0.3) is 6.08 Å². The average Bonchev–Trinajstić information content (AvgIpc) is 2.82. The summed E-state index contributed by atoms with van der Waals surface area (Å²) in [5.74, 6) is -0.421. The summed E-state index contributed by atoms with van der Waals surface area (Å²) in [4.78, 5) is 24.4. The Kier molecular flexibility index (Phi) is 3.62. The summed E-state index contributed by atoms with van der Waals surface area (Å²) >= 11 is 0. The van der Waals surface area contributed by atoms with E-state index in [1.54, 1.807) is 11.0 Å². The second-order valence-electron chi connectivity index (χ2n) is 3.80. The molecule has 0 unspecified atom stereocenters. The molecule has 1 saturated heterocycles. The zero-order valence-electron chi connectivity index (χ0n) is 10.1. The van der Waals surface area contributed by atoms with Crippen LogP contribution in [0.4, 0.5) is 10.5 Å². The quantitative estimate of drug-likeness (QED) is 0.648. The third-order valence-electron chi connectivity index (χ3n) is 2.68. The van der Waals surface area contributed by atoms with Crippen molar-refractivity contribution in [1.29, 1.82) is 0 Å². The van der Waals surface area contributed by atoms with E-state index in [1.165, 1.54) is 13.2 Å². The van der Waals surface area contributed by atoms with E-state index in [-0.39, 0.29) is 6.03 Å². The molecular formula is C13H14N2O3. The fraction of sp³-hybridized carbons (Fsp3) is 0.231. The minimum absolute atomic E-state index is 0.117. The van der Waals surface area contributed by atoms with Gasteiger partial charge in [-0.05, 0) is 17.7 Å². The minimum Gasteiger partial charge on any atom is -0.466 e. The summed E-state index contributed by atoms with van der Waals surface area (Å²) in [6, 6.07) is 7.29. The molecule has 1 aromatic carbocycles. The van der Waals surface area contributed by atoms with Gasteiger partial charge in [0.05, 0.1) is 12.8 Å². The van der Waals surface area contributed by atoms with Gasteiger partial charge < -0.3 is 10.1 Å². The lowest BCUT2D eigenvalue weighted by atomic mass is 10.1. The van der Waals surface area contributed by atoms with E-state index in [9.17, 15) is 9.59 Å². The van der Waals surface area contributed by atoms with Crippen molar-refractivity contribution in [3.63, 3.8) is 0 Å². The highest BCUT2D eigenvalue weighted by atomic mass is 16.5. The van der Waals surface area contributed by atoms with Crippen molar-refractivity contribution in [3.05, 3.63) is 35.9 Å². The summed E-state index contributed by atoms with van der Waals surface area (Å²) in [6.07, 6.45) is 2.99. The van der Waals surface area contributed by atoms with E-state index in [1.807, 2.05) is 24.3 Å². The van der Waals surface area contributed by atoms with Crippen LogP contribution in [0.15, 0.2) is 30.3 Å². The lowest BCUT2D eigenvalue weighted by molar-refractivity contribution is -0.134. The molecule has 1 N–H and O–H groups in total. The summed E-state index contributed by atoms with van der Waals surface area (Å²) < 4.78 is 4.54. The number of carbonyl (C=O) groups excluding carboxylic acids is 2. The van der Waals surface area contributed by atoms with Crippen molar-refractivity contribution in [2.45, 2.75) is 0 Å². The largest absolute Gasteiger partial charge is 0.466 e. The zero-order valence-corrected chi connectivity index (χ0v) is 10.1. The Morgan fingerprint density at radius 2 is 2.22 bits per heavy atom. The Hall–Kier alpha value is -2.30. The fourth-order valence-electron chi connectivity index (χ4n) is 1.80. The van der Waals surface area contributed by atoms with E-state index in [0.29, 0.717) is 13.1 Å². The number of hydrogen-bond donors (Lipinski definition) is 1. The van der Waals surface area contributed by atoms with Gasteiger partial charge in [0.15, 0.2) is 0 Å². The molecule has 0 aromatic heterocycles. The monoisotopic (exact) mass is 246 g/mol. The molecule has 2 amide bonds. The molecule has 1 heterocycles. The van der Waals surface area contributed by atoms with Crippen LogP contribution >= 0.6 is 0 Å². The Morgan fingerprint density at radius 1 is 1.44 bits per heavy atom. The maximum absolute atomic E-state index is 11.6. The molecule has 0 spiro atoms. The van der Waals surface area contributed by atoms with E-state index >= 15 is 0 Å². The summed E-state index contributed by atoms with van der Waals surface area (Å²) in [6.45, 7) is 1.26. The summed E-state index contributed by atoms with van der Waals surface area (Å²) in [7, 11) is 1.33. The molecule has 2 rings (SSSR count). The molecule has 18 heavy (non-hydrogen) atoms. The van der Waals surface area contributed by atoms with E-state index < -0.39 is 5.97 Å². The lowest BCUT2D eigenvalue weighted by Crippen LogP contribution is -2.28. The minimum atomic E-state index is -0.421. The van der Waals surface area contributed by atoms with Crippen molar-refractivity contribution in [2.75, 3.05) is 25.1 Å². The van der Waals surface area contributed by atoms with Gasteiger partial charge in [-0.15, -0.1) is 0 Å². The number of rotatable bonds is 3. The first kappa shape index (κ1) is 12.2. The second-order valence-corrected chi connectivity index (χ2v) is 3.80. The number of nitrogens with zero attached hydrogens (tertiary/aromatic N) is 1. The van der Waals surface area contributed by atoms with Crippen molar-refractivity contribution >= 4 is 23.8 Å². The van der Waals surface area contributed by atoms with Gasteiger partial charge in [-0.25, -0.2) is 9.59 Å². The van der Waals surface area contributed by atoms with Crippen LogP contribution in [-0.2, 0) is 9.53 Å². The van der Waals surface area contributed by atoms with Gasteiger partial charge in [0, 0.05) is 19.2 Å². The fourth-order valence-corrected chi connectivity index (χ4v) is 1.80. The second kappa shape index (κ2) is 5.35. The predicted molar refractivity (Wildman–Crippen MR) is 68.2 cm³/mol. The van der Waals surface area contributed by atoms with Crippen LogP contribution in [0.5, 0.6) is 0 Å². The van der Waals surface area contributed by atoms with Gasteiger partial charge in [0.25, 0.3) is 0 Å². The van der Waals surface area contributed by atoms with E-state index in [4.69, 9.17) is 0 Å². The van der Waals surface area contributed by atoms with Crippen LogP contribution in [0.1, 0.15) is 5.56 Å². The third-order valence-corrected chi connectivity index (χ3v) is 2.68. The Labute approximate surface area is 105 Å². The molecule has 0 radical (unpaired) electrons. The van der Waals surface area contributed by atoms with Crippen molar-refractivity contribution in [3.8, 4) is 0 Å². The highest BCUT2D eigenvalue weighted by Gasteiger charge is 2.22. The first-order chi connectivity index (χ1) is 8.72. The number of nitrogens with one attached hydrogen (secondary N) is 1. The molecule has 0 saturated carbocycles. The molecule has 94 valence electrons. The van der Waals surface area contributed by atoms with Crippen LogP contribution in [0, 0.1) is 0 Å². The van der Waals surface area contributed by atoms with Gasteiger partial charge in [0.2, 0.25) is 0 Å². The third kappa shape index (κ3) is 2.51. The number of benzene rings is 1. The topological polar surface area (TPSA) is 58.6 Å². The Bertz CT molecular complexity index is 497. The van der Waals surface area contributed by atoms with Gasteiger partial charge in [-0.1, -0.05) is 18.2 Å². The van der Waals surface area contributed by atoms with Gasteiger partial charge in [0.1, 0.15) is 0 Å². The zero-order chi connectivity index (χ0) is 13.0. The standard InChI is InChI=1S/C13H14N2O3/c1-18-12(16)7-6-10-4-2-3-5-11(10)15-9-8-14-13(15)17/h2-7H,8-9H2,1H3,(H,14,17)/b7-6+. The first-order valence-corrected chi connectivity index (χ1v) is 5.63. The number of urea groups is 1. The highest BCUT2D eigenvalue weighted by molar-refractivity contribution is 5.97. The van der Waals surface area contributed by atoms with E-state index in [0.717, 1.165) is 11.3 Å². The summed E-state index contributed by atoms with van der Waals surface area (Å²) in [5, 5.41) is 2.74. The number of para-hydroxylation sites is 1. The molecule has 1 aromatic rings. The number of carbonyl (C=O) groups is 2.